The summed E-state index contributed by atoms with van der Waals surface area (Å²) in [5.41, 5.74) is -0.750. The highest BCUT2D eigenvalue weighted by Gasteiger charge is 2.70. The molecule has 0 spiro atoms. The number of aliphatic hydroxyl groups is 2. The largest absolute Gasteiger partial charge is 0.465 e. The number of esters is 1. The molecule has 0 unspecified atom stereocenters. The Bertz CT molecular complexity index is 1010. The molecular weight excluding hydrogens is 496 g/mol. The third-order valence-corrected chi connectivity index (χ3v) is 12.8. The number of likely N-dealkylation sites (tertiary alicyclic amines) is 1. The van der Waals surface area contributed by atoms with Crippen molar-refractivity contribution in [2.45, 2.75) is 102 Å². The second-order valence-corrected chi connectivity index (χ2v) is 14.2. The molecule has 1 saturated heterocycles. The lowest BCUT2D eigenvalue weighted by Crippen LogP contribution is -2.67. The van der Waals surface area contributed by atoms with E-state index in [1.807, 2.05) is 6.92 Å². The summed E-state index contributed by atoms with van der Waals surface area (Å²) in [5.74, 6) is 0.370. The van der Waals surface area contributed by atoms with Crippen LogP contribution in [0.15, 0.2) is 11.6 Å². The number of hydrogen-bond donors (Lipinski definition) is 3. The van der Waals surface area contributed by atoms with Crippen molar-refractivity contribution in [3.8, 4) is 0 Å². The Morgan fingerprint density at radius 1 is 1.10 bits per heavy atom. The molecule has 6 rings (SSSR count). The van der Waals surface area contributed by atoms with Crippen LogP contribution in [0.3, 0.4) is 0 Å². The Kier molecular flexibility index (Phi) is 7.07. The molecule has 2 heterocycles. The molecule has 8 nitrogen and oxygen atoms in total. The van der Waals surface area contributed by atoms with Crippen LogP contribution >= 0.6 is 0 Å². The van der Waals surface area contributed by atoms with Gasteiger partial charge in [0, 0.05) is 24.1 Å². The molecule has 4 aliphatic carbocycles. The van der Waals surface area contributed by atoms with Crippen molar-refractivity contribution in [2.75, 3.05) is 32.8 Å². The smallest absolute Gasteiger partial charge is 0.407 e. The van der Waals surface area contributed by atoms with Gasteiger partial charge in [-0.25, -0.2) is 9.59 Å². The maximum Gasteiger partial charge on any atom is 0.407 e. The molecule has 5 fully saturated rings. The number of aliphatic hydroxyl groups excluding tert-OH is 1. The number of fused-ring (bicyclic) bond motifs is 5. The van der Waals surface area contributed by atoms with E-state index in [4.69, 9.17) is 4.74 Å². The van der Waals surface area contributed by atoms with E-state index in [1.165, 1.54) is 12.8 Å². The van der Waals surface area contributed by atoms with E-state index >= 15 is 0 Å². The monoisotopic (exact) mass is 544 g/mol. The normalized spacial score (nSPS) is 45.7. The molecule has 9 atom stereocenters. The van der Waals surface area contributed by atoms with Crippen molar-refractivity contribution >= 4 is 12.1 Å². The molecule has 1 amide bonds. The Hall–Kier alpha value is -1.64. The van der Waals surface area contributed by atoms with E-state index in [2.05, 4.69) is 11.8 Å². The zero-order valence-electron chi connectivity index (χ0n) is 23.8. The first kappa shape index (κ1) is 27.5. The lowest BCUT2D eigenvalue weighted by atomic mass is 9.42. The molecular formula is C31H48N2O6. The third kappa shape index (κ3) is 4.26. The zero-order chi connectivity index (χ0) is 27.6. The van der Waals surface area contributed by atoms with Crippen LogP contribution in [0.4, 0.5) is 4.79 Å². The minimum absolute atomic E-state index is 0.0129. The molecule has 218 valence electrons. The van der Waals surface area contributed by atoms with Gasteiger partial charge in [-0.15, -0.1) is 0 Å². The number of hydrogen-bond acceptors (Lipinski definition) is 6. The van der Waals surface area contributed by atoms with Gasteiger partial charge in [-0.2, -0.15) is 0 Å². The molecule has 0 bridgehead atoms. The highest BCUT2D eigenvalue weighted by atomic mass is 16.5. The highest BCUT2D eigenvalue weighted by molar-refractivity contribution is 5.85. The predicted molar refractivity (Wildman–Crippen MR) is 146 cm³/mol. The molecule has 3 N–H and O–H groups in total. The summed E-state index contributed by atoms with van der Waals surface area (Å²) in [4.78, 5) is 28.3. The molecule has 0 aromatic rings. The summed E-state index contributed by atoms with van der Waals surface area (Å²) in [6, 6.07) is 0.0558. The number of rotatable bonds is 6. The fourth-order valence-corrected chi connectivity index (χ4v) is 10.6. The molecule has 6 aliphatic rings. The summed E-state index contributed by atoms with van der Waals surface area (Å²) in [5, 5.41) is 34.3. The van der Waals surface area contributed by atoms with Crippen LogP contribution in [-0.4, -0.2) is 87.7 Å². The molecule has 39 heavy (non-hydrogen) atoms. The molecule has 0 radical (unpaired) electrons. The van der Waals surface area contributed by atoms with Gasteiger partial charge in [-0.05, 0) is 125 Å². The standard InChI is InChI=1S/C31H48N2O6/c1-29-10-8-22(33(28(36)37)15-5-14-32-12-3-4-13-32)17-21(29)6-7-24-25(29)18-26(34)30(2)23(9-11-31(24,30)38)20-16-27(35)39-19-20/h16,21-26,34,38H,3-15,17-19H2,1-2H3,(H,36,37)/t21-,22+,23-,24-,25+,26-,29+,30+,31+/m1/s1. The van der Waals surface area contributed by atoms with Gasteiger partial charge in [0.15, 0.2) is 0 Å². The topological polar surface area (TPSA) is 111 Å². The highest BCUT2D eigenvalue weighted by Crippen LogP contribution is 2.70. The molecule has 2 aliphatic heterocycles. The van der Waals surface area contributed by atoms with Crippen LogP contribution in [0.5, 0.6) is 0 Å². The zero-order valence-corrected chi connectivity index (χ0v) is 23.8. The number of nitrogens with zero attached hydrogens (tertiary/aromatic N) is 2. The lowest BCUT2D eigenvalue weighted by Gasteiger charge is -2.65. The average molecular weight is 545 g/mol. The van der Waals surface area contributed by atoms with Crippen LogP contribution < -0.4 is 0 Å². The summed E-state index contributed by atoms with van der Waals surface area (Å²) in [6.45, 7) is 8.55. The van der Waals surface area contributed by atoms with Gasteiger partial charge in [0.05, 0.1) is 11.7 Å². The van der Waals surface area contributed by atoms with Crippen molar-refractivity contribution in [3.05, 3.63) is 11.6 Å². The second kappa shape index (κ2) is 10.0. The molecule has 0 aromatic heterocycles. The number of carbonyl (C=O) groups excluding carboxylic acids is 1. The lowest BCUT2D eigenvalue weighted by molar-refractivity contribution is -0.243. The van der Waals surface area contributed by atoms with Crippen molar-refractivity contribution in [2.24, 2.45) is 34.5 Å². The molecule has 4 saturated carbocycles. The van der Waals surface area contributed by atoms with Gasteiger partial charge in [0.1, 0.15) is 6.61 Å². The summed E-state index contributed by atoms with van der Waals surface area (Å²) in [6.07, 6.45) is 10.2. The van der Waals surface area contributed by atoms with E-state index in [0.717, 1.165) is 70.2 Å². The number of cyclic esters (lactones) is 1. The van der Waals surface area contributed by atoms with Gasteiger partial charge in [-0.1, -0.05) is 13.8 Å². The maximum absolute atomic E-state index is 12.4. The summed E-state index contributed by atoms with van der Waals surface area (Å²) in [7, 11) is 0. The van der Waals surface area contributed by atoms with Crippen LogP contribution in [0, 0.1) is 34.5 Å². The first-order valence-corrected chi connectivity index (χ1v) is 15.6. The van der Waals surface area contributed by atoms with Crippen LogP contribution in [0.25, 0.3) is 0 Å². The fourth-order valence-electron chi connectivity index (χ4n) is 10.6. The van der Waals surface area contributed by atoms with Crippen LogP contribution in [0.1, 0.15) is 84.5 Å². The Morgan fingerprint density at radius 3 is 2.56 bits per heavy atom. The number of ether oxygens (including phenoxy) is 1. The minimum atomic E-state index is -0.972. The summed E-state index contributed by atoms with van der Waals surface area (Å²) < 4.78 is 5.22. The molecule has 0 aromatic carbocycles. The van der Waals surface area contributed by atoms with E-state index in [-0.39, 0.29) is 41.8 Å². The quantitative estimate of drug-likeness (QED) is 0.433. The number of amides is 1. The average Bonchev–Trinajstić information content (AvgIpc) is 3.63. The first-order chi connectivity index (χ1) is 18.6. The van der Waals surface area contributed by atoms with Gasteiger partial charge in [0.25, 0.3) is 0 Å². The van der Waals surface area contributed by atoms with Crippen LogP contribution in [-0.2, 0) is 9.53 Å². The van der Waals surface area contributed by atoms with E-state index in [9.17, 15) is 24.9 Å². The number of carbonyl (C=O) groups is 2. The SMILES string of the molecule is C[C@]12CC[C@H](N(CCCN3CCCC3)C(=O)O)C[C@H]1CC[C@@H]1[C@@H]2C[C@@H](O)[C@]2(C)[C@@H](C3=CC(=O)OC3)CC[C@]12O. The van der Waals surface area contributed by atoms with Crippen molar-refractivity contribution in [3.63, 3.8) is 0 Å². The Balaban J connectivity index is 1.17. The second-order valence-electron chi connectivity index (χ2n) is 14.2. The van der Waals surface area contributed by atoms with Gasteiger partial charge in [0.2, 0.25) is 0 Å². The maximum atomic E-state index is 12.4. The minimum Gasteiger partial charge on any atom is -0.465 e. The van der Waals surface area contributed by atoms with E-state index in [0.29, 0.717) is 25.3 Å². The van der Waals surface area contributed by atoms with Crippen LogP contribution in [0.2, 0.25) is 0 Å². The van der Waals surface area contributed by atoms with Gasteiger partial charge in [-0.3, -0.25) is 0 Å². The molecule has 8 heteroatoms. The van der Waals surface area contributed by atoms with E-state index in [1.54, 1.807) is 11.0 Å². The van der Waals surface area contributed by atoms with Crippen molar-refractivity contribution in [1.82, 2.24) is 9.80 Å². The Labute approximate surface area is 232 Å². The fraction of sp³-hybridized carbons (Fsp3) is 0.871. The van der Waals surface area contributed by atoms with E-state index < -0.39 is 23.2 Å². The van der Waals surface area contributed by atoms with Crippen molar-refractivity contribution < 1.29 is 29.6 Å². The van der Waals surface area contributed by atoms with Gasteiger partial charge >= 0.3 is 12.1 Å². The van der Waals surface area contributed by atoms with Crippen molar-refractivity contribution in [1.29, 1.82) is 0 Å². The Morgan fingerprint density at radius 2 is 1.87 bits per heavy atom. The first-order valence-electron chi connectivity index (χ1n) is 15.6. The summed E-state index contributed by atoms with van der Waals surface area (Å²) >= 11 is 0. The number of carboxylic acid groups (broad SMARTS) is 1. The predicted octanol–water partition coefficient (Wildman–Crippen LogP) is 4.05. The third-order valence-electron chi connectivity index (χ3n) is 12.8. The van der Waals surface area contributed by atoms with Gasteiger partial charge < -0.3 is 29.9 Å².